The van der Waals surface area contributed by atoms with Crippen LogP contribution >= 0.6 is 0 Å². The number of ketones is 1. The number of epoxide rings is 1. The largest absolute Gasteiger partial charge is 0.410 e. The van der Waals surface area contributed by atoms with Gasteiger partial charge in [0, 0.05) is 12.8 Å². The Morgan fingerprint density at radius 1 is 0.880 bits per heavy atom. The van der Waals surface area contributed by atoms with E-state index >= 15 is 0 Å². The zero-order valence-corrected chi connectivity index (χ0v) is 19.9. The Labute approximate surface area is 156 Å². The van der Waals surface area contributed by atoms with E-state index in [9.17, 15) is 4.79 Å². The highest BCUT2D eigenvalue weighted by atomic mass is 28.4. The Morgan fingerprint density at radius 3 is 1.44 bits per heavy atom. The van der Waals surface area contributed by atoms with Gasteiger partial charge in [-0.15, -0.1) is 0 Å². The van der Waals surface area contributed by atoms with Crippen LogP contribution in [0.1, 0.15) is 54.4 Å². The van der Waals surface area contributed by atoms with Gasteiger partial charge in [-0.3, -0.25) is 4.79 Å². The molecule has 2 aliphatic rings. The number of ether oxygens (including phenoxy) is 1. The van der Waals surface area contributed by atoms with Crippen LogP contribution in [0.15, 0.2) is 0 Å². The number of Topliss-reactive ketones (excluding diaryl/α,β-unsaturated/α-hetero) is 1. The van der Waals surface area contributed by atoms with Gasteiger partial charge in [0.1, 0.15) is 11.4 Å². The molecule has 0 bridgehead atoms. The second-order valence-electron chi connectivity index (χ2n) is 10.9. The predicted octanol–water partition coefficient (Wildman–Crippen LogP) is 4.90. The summed E-state index contributed by atoms with van der Waals surface area (Å²) in [6.07, 6.45) is 0.599. The molecular weight excluding hydrogens is 348 g/mol. The minimum Gasteiger partial charge on any atom is -0.410 e. The maximum atomic E-state index is 12.5. The molecule has 6 heteroatoms. The first kappa shape index (κ1) is 21.3. The molecule has 0 radical (unpaired) electrons. The molecule has 1 aliphatic carbocycles. The molecule has 2 fully saturated rings. The summed E-state index contributed by atoms with van der Waals surface area (Å²) in [5.41, 5.74) is -0.404. The van der Waals surface area contributed by atoms with Crippen molar-refractivity contribution in [3.8, 4) is 0 Å². The molecule has 1 spiro atoms. The van der Waals surface area contributed by atoms with Gasteiger partial charge in [0.2, 0.25) is 0 Å². The molecular formula is C19H38O4Si2. The summed E-state index contributed by atoms with van der Waals surface area (Å²) in [6.45, 7) is 23.0. The fraction of sp³-hybridized carbons (Fsp3) is 0.947. The van der Waals surface area contributed by atoms with E-state index in [1.165, 1.54) is 0 Å². The lowest BCUT2D eigenvalue weighted by atomic mass is 9.83. The van der Waals surface area contributed by atoms with Gasteiger partial charge in [-0.1, -0.05) is 41.5 Å². The Balaban J connectivity index is 2.24. The molecule has 0 amide bonds. The lowest BCUT2D eigenvalue weighted by Crippen LogP contribution is -2.58. The second-order valence-corrected chi connectivity index (χ2v) is 20.4. The van der Waals surface area contributed by atoms with Crippen LogP contribution in [0.5, 0.6) is 0 Å². The minimum absolute atomic E-state index is 0.110. The number of rotatable bonds is 4. The standard InChI is InChI=1S/C19H38O4Si2/c1-17(2,3)24(7,8)22-15-11-14(20)12-16(19(15)13-21-19)23-25(9,10)18(4,5)6/h15-16H,11-13H2,1-10H3/t15-,16-/m1/s1. The Bertz CT molecular complexity index is 483. The van der Waals surface area contributed by atoms with Crippen LogP contribution < -0.4 is 0 Å². The third kappa shape index (κ3) is 4.13. The molecule has 1 saturated carbocycles. The summed E-state index contributed by atoms with van der Waals surface area (Å²) >= 11 is 0. The smallest absolute Gasteiger partial charge is 0.192 e. The number of carbonyl (C=O) groups is 1. The first-order valence-corrected chi connectivity index (χ1v) is 15.3. The average molecular weight is 387 g/mol. The fourth-order valence-corrected chi connectivity index (χ4v) is 5.55. The molecule has 4 nitrogen and oxygen atoms in total. The van der Waals surface area contributed by atoms with E-state index in [4.69, 9.17) is 13.6 Å². The Hall–Kier alpha value is -0.0162. The summed E-state index contributed by atoms with van der Waals surface area (Å²) in [4.78, 5) is 12.5. The lowest BCUT2D eigenvalue weighted by molar-refractivity contribution is -0.131. The third-order valence-corrected chi connectivity index (χ3v) is 15.9. The van der Waals surface area contributed by atoms with Gasteiger partial charge in [-0.25, -0.2) is 0 Å². The average Bonchev–Trinajstić information content (AvgIpc) is 3.13. The van der Waals surface area contributed by atoms with E-state index in [2.05, 4.69) is 67.7 Å². The highest BCUT2D eigenvalue weighted by molar-refractivity contribution is 6.74. The van der Waals surface area contributed by atoms with Crippen LogP contribution in [0.2, 0.25) is 36.3 Å². The van der Waals surface area contributed by atoms with Crippen LogP contribution in [-0.2, 0) is 18.4 Å². The van der Waals surface area contributed by atoms with Crippen molar-refractivity contribution in [3.63, 3.8) is 0 Å². The topological polar surface area (TPSA) is 48.1 Å². The number of hydrogen-bond acceptors (Lipinski definition) is 4. The van der Waals surface area contributed by atoms with Crippen LogP contribution in [-0.4, -0.2) is 46.8 Å². The van der Waals surface area contributed by atoms with Crippen LogP contribution in [0, 0.1) is 0 Å². The predicted molar refractivity (Wildman–Crippen MR) is 107 cm³/mol. The maximum Gasteiger partial charge on any atom is 0.192 e. The minimum atomic E-state index is -1.97. The van der Waals surface area contributed by atoms with E-state index in [1.807, 2.05) is 0 Å². The van der Waals surface area contributed by atoms with Crippen LogP contribution in [0.25, 0.3) is 0 Å². The van der Waals surface area contributed by atoms with E-state index in [-0.39, 0.29) is 28.1 Å². The monoisotopic (exact) mass is 386 g/mol. The van der Waals surface area contributed by atoms with Crippen molar-refractivity contribution in [3.05, 3.63) is 0 Å². The molecule has 146 valence electrons. The molecule has 2 rings (SSSR count). The van der Waals surface area contributed by atoms with E-state index < -0.39 is 22.2 Å². The Morgan fingerprint density at radius 2 is 1.20 bits per heavy atom. The fourth-order valence-electron chi connectivity index (χ4n) is 2.85. The first-order chi connectivity index (χ1) is 11.0. The molecule has 0 unspecified atom stereocenters. The third-order valence-electron chi connectivity index (χ3n) is 6.88. The van der Waals surface area contributed by atoms with E-state index in [0.29, 0.717) is 19.4 Å². The zero-order chi connectivity index (χ0) is 19.5. The summed E-state index contributed by atoms with van der Waals surface area (Å²) in [5.74, 6) is 0.244. The van der Waals surface area contributed by atoms with Crippen molar-refractivity contribution in [1.82, 2.24) is 0 Å². The zero-order valence-electron chi connectivity index (χ0n) is 17.9. The van der Waals surface area contributed by atoms with Gasteiger partial charge in [0.15, 0.2) is 16.6 Å². The summed E-state index contributed by atoms with van der Waals surface area (Å²) in [7, 11) is -3.94. The van der Waals surface area contributed by atoms with Crippen molar-refractivity contribution in [2.24, 2.45) is 0 Å². The molecule has 25 heavy (non-hydrogen) atoms. The van der Waals surface area contributed by atoms with Gasteiger partial charge in [-0.2, -0.15) is 0 Å². The molecule has 0 N–H and O–H groups in total. The van der Waals surface area contributed by atoms with E-state index in [1.54, 1.807) is 0 Å². The Kier molecular flexibility index (Phi) is 5.33. The number of hydrogen-bond donors (Lipinski definition) is 0. The normalized spacial score (nSPS) is 27.7. The first-order valence-electron chi connectivity index (χ1n) is 9.53. The molecule has 0 aromatic rings. The highest BCUT2D eigenvalue weighted by Crippen LogP contribution is 2.50. The quantitative estimate of drug-likeness (QED) is 0.509. The van der Waals surface area contributed by atoms with Crippen LogP contribution in [0.4, 0.5) is 0 Å². The van der Waals surface area contributed by atoms with Gasteiger partial charge in [-0.05, 0) is 36.3 Å². The molecule has 1 saturated heterocycles. The van der Waals surface area contributed by atoms with Crippen molar-refractivity contribution < 1.29 is 18.4 Å². The van der Waals surface area contributed by atoms with Gasteiger partial charge in [0.05, 0.1) is 18.8 Å². The van der Waals surface area contributed by atoms with Gasteiger partial charge in [0.25, 0.3) is 0 Å². The van der Waals surface area contributed by atoms with Crippen LogP contribution in [0.3, 0.4) is 0 Å². The van der Waals surface area contributed by atoms with Crippen molar-refractivity contribution in [2.45, 2.75) is 108 Å². The van der Waals surface area contributed by atoms with Gasteiger partial charge < -0.3 is 13.6 Å². The summed E-state index contributed by atoms with van der Waals surface area (Å²) in [5, 5.41) is 0.221. The molecule has 1 heterocycles. The SMILES string of the molecule is CC(C)(C)[Si](C)(C)O[C@@H]1CC(=O)C[C@@H](O[Si](C)(C)C(C)(C)C)C12CO2. The summed E-state index contributed by atoms with van der Waals surface area (Å²) < 4.78 is 19.3. The van der Waals surface area contributed by atoms with Crippen molar-refractivity contribution in [2.75, 3.05) is 6.61 Å². The van der Waals surface area contributed by atoms with Crippen molar-refractivity contribution >= 4 is 22.4 Å². The molecule has 2 atom stereocenters. The maximum absolute atomic E-state index is 12.5. The number of carbonyl (C=O) groups excluding carboxylic acids is 1. The molecule has 1 aliphatic heterocycles. The van der Waals surface area contributed by atoms with Gasteiger partial charge >= 0.3 is 0 Å². The summed E-state index contributed by atoms with van der Waals surface area (Å²) in [6, 6.07) is 0. The molecule has 0 aromatic heterocycles. The lowest BCUT2D eigenvalue weighted by Gasteiger charge is -2.46. The highest BCUT2D eigenvalue weighted by Gasteiger charge is 2.64. The van der Waals surface area contributed by atoms with E-state index in [0.717, 1.165) is 0 Å². The molecule has 0 aromatic carbocycles. The van der Waals surface area contributed by atoms with Crippen molar-refractivity contribution in [1.29, 1.82) is 0 Å². The second kappa shape index (κ2) is 6.26.